The van der Waals surface area contributed by atoms with Gasteiger partial charge in [0.05, 0.1) is 0 Å². The van der Waals surface area contributed by atoms with E-state index in [0.29, 0.717) is 5.95 Å². The van der Waals surface area contributed by atoms with Gasteiger partial charge in [0, 0.05) is 24.8 Å². The molecule has 1 fully saturated rings. The zero-order valence-electron chi connectivity index (χ0n) is 10.6. The summed E-state index contributed by atoms with van der Waals surface area (Å²) in [5.41, 5.74) is 3.47. The SMILES string of the molecule is Cc1cc(N2CCCC(C)CC2)nc(NN)n1. The maximum Gasteiger partial charge on any atom is 0.239 e. The number of hydrazine groups is 1. The van der Waals surface area contributed by atoms with Crippen LogP contribution in [0.25, 0.3) is 0 Å². The van der Waals surface area contributed by atoms with E-state index < -0.39 is 0 Å². The van der Waals surface area contributed by atoms with Gasteiger partial charge >= 0.3 is 0 Å². The quantitative estimate of drug-likeness (QED) is 0.603. The highest BCUT2D eigenvalue weighted by Gasteiger charge is 2.15. The molecule has 0 radical (unpaired) electrons. The summed E-state index contributed by atoms with van der Waals surface area (Å²) in [6, 6.07) is 2.02. The van der Waals surface area contributed by atoms with Gasteiger partial charge in [0.1, 0.15) is 5.82 Å². The van der Waals surface area contributed by atoms with E-state index in [1.165, 1.54) is 19.3 Å². The Kier molecular flexibility index (Phi) is 3.78. The molecule has 5 heteroatoms. The van der Waals surface area contributed by atoms with Crippen LogP contribution in [0.3, 0.4) is 0 Å². The Labute approximate surface area is 102 Å². The van der Waals surface area contributed by atoms with Gasteiger partial charge < -0.3 is 4.90 Å². The zero-order valence-corrected chi connectivity index (χ0v) is 10.6. The molecule has 2 rings (SSSR count). The lowest BCUT2D eigenvalue weighted by atomic mass is 10.0. The third kappa shape index (κ3) is 3.06. The van der Waals surface area contributed by atoms with Crippen molar-refractivity contribution in [2.24, 2.45) is 11.8 Å². The second-order valence-corrected chi connectivity index (χ2v) is 4.86. The third-order valence-corrected chi connectivity index (χ3v) is 3.31. The fourth-order valence-electron chi connectivity index (χ4n) is 2.27. The molecule has 3 N–H and O–H groups in total. The Morgan fingerprint density at radius 3 is 2.94 bits per heavy atom. The summed E-state index contributed by atoms with van der Waals surface area (Å²) >= 11 is 0. The van der Waals surface area contributed by atoms with Crippen LogP contribution in [0.2, 0.25) is 0 Å². The molecule has 1 unspecified atom stereocenters. The van der Waals surface area contributed by atoms with Gasteiger partial charge in [-0.05, 0) is 32.1 Å². The number of hydrogen-bond acceptors (Lipinski definition) is 5. The van der Waals surface area contributed by atoms with Crippen LogP contribution in [0.15, 0.2) is 6.07 Å². The van der Waals surface area contributed by atoms with Crippen LogP contribution in [0.4, 0.5) is 11.8 Å². The number of aryl methyl sites for hydroxylation is 1. The van der Waals surface area contributed by atoms with E-state index in [4.69, 9.17) is 5.84 Å². The summed E-state index contributed by atoms with van der Waals surface area (Å²) in [6.07, 6.45) is 3.77. The first-order valence-electron chi connectivity index (χ1n) is 6.26. The molecule has 1 aromatic rings. The van der Waals surface area contributed by atoms with Crippen molar-refractivity contribution in [3.8, 4) is 0 Å². The van der Waals surface area contributed by atoms with E-state index in [0.717, 1.165) is 30.5 Å². The zero-order chi connectivity index (χ0) is 12.3. The van der Waals surface area contributed by atoms with Gasteiger partial charge in [-0.25, -0.2) is 10.8 Å². The average molecular weight is 235 g/mol. The highest BCUT2D eigenvalue weighted by molar-refractivity contribution is 5.44. The number of hydrogen-bond donors (Lipinski definition) is 2. The largest absolute Gasteiger partial charge is 0.356 e. The predicted octanol–water partition coefficient (Wildman–Crippen LogP) is 1.70. The molecule has 0 aliphatic carbocycles. The van der Waals surface area contributed by atoms with E-state index >= 15 is 0 Å². The lowest BCUT2D eigenvalue weighted by Crippen LogP contribution is -2.26. The van der Waals surface area contributed by atoms with E-state index in [9.17, 15) is 0 Å². The fraction of sp³-hybridized carbons (Fsp3) is 0.667. The molecule has 94 valence electrons. The van der Waals surface area contributed by atoms with Crippen LogP contribution < -0.4 is 16.2 Å². The lowest BCUT2D eigenvalue weighted by Gasteiger charge is -2.22. The summed E-state index contributed by atoms with van der Waals surface area (Å²) in [7, 11) is 0. The van der Waals surface area contributed by atoms with Crippen LogP contribution in [-0.4, -0.2) is 23.1 Å². The normalized spacial score (nSPS) is 21.1. The molecule has 0 spiro atoms. The molecule has 1 aliphatic heterocycles. The minimum absolute atomic E-state index is 0.497. The molecule has 1 aliphatic rings. The highest BCUT2D eigenvalue weighted by atomic mass is 15.3. The van der Waals surface area contributed by atoms with Crippen molar-refractivity contribution in [1.82, 2.24) is 9.97 Å². The van der Waals surface area contributed by atoms with Crippen LogP contribution in [0.5, 0.6) is 0 Å². The standard InChI is InChI=1S/C12H21N5/c1-9-4-3-6-17(7-5-9)11-8-10(2)14-12(15-11)16-13/h8-9H,3-7,13H2,1-2H3,(H,14,15,16). The minimum atomic E-state index is 0.497. The second-order valence-electron chi connectivity index (χ2n) is 4.86. The highest BCUT2D eigenvalue weighted by Crippen LogP contribution is 2.22. The lowest BCUT2D eigenvalue weighted by molar-refractivity contribution is 0.521. The molecule has 0 amide bonds. The fourth-order valence-corrected chi connectivity index (χ4v) is 2.27. The van der Waals surface area contributed by atoms with Crippen molar-refractivity contribution in [1.29, 1.82) is 0 Å². The van der Waals surface area contributed by atoms with Gasteiger partial charge in [-0.3, -0.25) is 5.43 Å². The summed E-state index contributed by atoms with van der Waals surface area (Å²) in [5.74, 6) is 7.67. The minimum Gasteiger partial charge on any atom is -0.356 e. The molecular weight excluding hydrogens is 214 g/mol. The van der Waals surface area contributed by atoms with E-state index in [1.807, 2.05) is 13.0 Å². The molecule has 1 atom stereocenters. The molecule has 0 saturated carbocycles. The van der Waals surface area contributed by atoms with Crippen molar-refractivity contribution in [3.63, 3.8) is 0 Å². The van der Waals surface area contributed by atoms with Crippen molar-refractivity contribution in [2.75, 3.05) is 23.4 Å². The van der Waals surface area contributed by atoms with Gasteiger partial charge in [0.25, 0.3) is 0 Å². The Morgan fingerprint density at radius 1 is 1.35 bits per heavy atom. The molecule has 17 heavy (non-hydrogen) atoms. The Hall–Kier alpha value is -1.36. The van der Waals surface area contributed by atoms with E-state index in [2.05, 4.69) is 27.2 Å². The first-order chi connectivity index (χ1) is 8.19. The van der Waals surface area contributed by atoms with Gasteiger partial charge in [-0.2, -0.15) is 4.98 Å². The number of nitrogens with zero attached hydrogens (tertiary/aromatic N) is 3. The van der Waals surface area contributed by atoms with Crippen LogP contribution in [0.1, 0.15) is 31.9 Å². The van der Waals surface area contributed by atoms with Gasteiger partial charge in [-0.1, -0.05) is 6.92 Å². The number of rotatable bonds is 2. The van der Waals surface area contributed by atoms with Gasteiger partial charge in [0.2, 0.25) is 5.95 Å². The second kappa shape index (κ2) is 5.31. The van der Waals surface area contributed by atoms with Crippen molar-refractivity contribution < 1.29 is 0 Å². The first-order valence-corrected chi connectivity index (χ1v) is 6.26. The third-order valence-electron chi connectivity index (χ3n) is 3.31. The number of anilines is 2. The molecular formula is C12H21N5. The van der Waals surface area contributed by atoms with Crippen molar-refractivity contribution >= 4 is 11.8 Å². The molecule has 0 bridgehead atoms. The average Bonchev–Trinajstić information content (AvgIpc) is 2.53. The van der Waals surface area contributed by atoms with Crippen LogP contribution in [-0.2, 0) is 0 Å². The van der Waals surface area contributed by atoms with E-state index in [-0.39, 0.29) is 0 Å². The Morgan fingerprint density at radius 2 is 2.18 bits per heavy atom. The smallest absolute Gasteiger partial charge is 0.239 e. The number of nitrogens with two attached hydrogens (primary N) is 1. The van der Waals surface area contributed by atoms with Crippen molar-refractivity contribution in [2.45, 2.75) is 33.1 Å². The Balaban J connectivity index is 2.17. The number of nitrogen functional groups attached to an aromatic ring is 1. The van der Waals surface area contributed by atoms with Crippen LogP contribution >= 0.6 is 0 Å². The predicted molar refractivity (Wildman–Crippen MR) is 69.8 cm³/mol. The summed E-state index contributed by atoms with van der Waals surface area (Å²) < 4.78 is 0. The van der Waals surface area contributed by atoms with Crippen LogP contribution in [0, 0.1) is 12.8 Å². The molecule has 2 heterocycles. The van der Waals surface area contributed by atoms with Gasteiger partial charge in [0.15, 0.2) is 0 Å². The molecule has 0 aromatic carbocycles. The van der Waals surface area contributed by atoms with E-state index in [1.54, 1.807) is 0 Å². The number of aromatic nitrogens is 2. The summed E-state index contributed by atoms with van der Waals surface area (Å²) in [6.45, 7) is 6.43. The molecule has 1 aromatic heterocycles. The van der Waals surface area contributed by atoms with Gasteiger partial charge in [-0.15, -0.1) is 0 Å². The summed E-state index contributed by atoms with van der Waals surface area (Å²) in [5, 5.41) is 0. The Bertz CT molecular complexity index is 379. The topological polar surface area (TPSA) is 67.1 Å². The molecule has 5 nitrogen and oxygen atoms in total. The monoisotopic (exact) mass is 235 g/mol. The maximum atomic E-state index is 5.38. The maximum absolute atomic E-state index is 5.38. The molecule has 1 saturated heterocycles. The van der Waals surface area contributed by atoms with Crippen molar-refractivity contribution in [3.05, 3.63) is 11.8 Å². The first kappa shape index (κ1) is 12.1. The number of nitrogens with one attached hydrogen (secondary N) is 1. The summed E-state index contributed by atoms with van der Waals surface area (Å²) in [4.78, 5) is 11.0.